The van der Waals surface area contributed by atoms with Crippen LogP contribution in [0.15, 0.2) is 22.9 Å². The zero-order valence-corrected chi connectivity index (χ0v) is 12.3. The third-order valence-corrected chi connectivity index (χ3v) is 3.73. The lowest BCUT2D eigenvalue weighted by molar-refractivity contribution is 0.358. The molecule has 1 aliphatic heterocycles. The first kappa shape index (κ1) is 13.4. The van der Waals surface area contributed by atoms with Gasteiger partial charge in [0.25, 0.3) is 0 Å². The number of aromatic nitrogens is 3. The quantitative estimate of drug-likeness (QED) is 0.865. The molecule has 2 aromatic rings. The molecule has 1 fully saturated rings. The van der Waals surface area contributed by atoms with E-state index in [1.54, 1.807) is 6.20 Å². The van der Waals surface area contributed by atoms with Gasteiger partial charge in [-0.3, -0.25) is 0 Å². The molecule has 0 N–H and O–H groups in total. The zero-order valence-electron chi connectivity index (χ0n) is 11.6. The predicted molar refractivity (Wildman–Crippen MR) is 77.0 cm³/mol. The number of rotatable bonds is 3. The topological polar surface area (TPSA) is 55.1 Å². The maximum Gasteiger partial charge on any atom is 0.229 e. The Morgan fingerprint density at radius 1 is 1.40 bits per heavy atom. The highest BCUT2D eigenvalue weighted by Crippen LogP contribution is 2.34. The Balaban J connectivity index is 1.86. The smallest absolute Gasteiger partial charge is 0.229 e. The Morgan fingerprint density at radius 3 is 2.90 bits per heavy atom. The van der Waals surface area contributed by atoms with Crippen LogP contribution in [0.5, 0.6) is 0 Å². The number of anilines is 1. The van der Waals surface area contributed by atoms with E-state index in [9.17, 15) is 0 Å². The lowest BCUT2D eigenvalue weighted by Crippen LogP contribution is -2.24. The van der Waals surface area contributed by atoms with Crippen molar-refractivity contribution in [1.82, 2.24) is 15.1 Å². The van der Waals surface area contributed by atoms with E-state index in [1.165, 1.54) is 0 Å². The monoisotopic (exact) mass is 292 g/mol. The van der Waals surface area contributed by atoms with Crippen molar-refractivity contribution in [3.05, 3.63) is 35.1 Å². The van der Waals surface area contributed by atoms with E-state index in [2.05, 4.69) is 20.0 Å². The molecule has 1 saturated heterocycles. The van der Waals surface area contributed by atoms with E-state index in [0.717, 1.165) is 31.0 Å². The molecule has 0 amide bonds. The molecule has 0 aliphatic carbocycles. The Kier molecular flexibility index (Phi) is 3.61. The average Bonchev–Trinajstić information content (AvgIpc) is 3.08. The van der Waals surface area contributed by atoms with Crippen LogP contribution >= 0.6 is 11.6 Å². The molecule has 0 radical (unpaired) electrons. The van der Waals surface area contributed by atoms with Crippen LogP contribution in [0, 0.1) is 0 Å². The van der Waals surface area contributed by atoms with Crippen LogP contribution in [-0.2, 0) is 0 Å². The van der Waals surface area contributed by atoms with Crippen molar-refractivity contribution in [2.24, 2.45) is 0 Å². The second kappa shape index (κ2) is 5.40. The molecule has 20 heavy (non-hydrogen) atoms. The zero-order chi connectivity index (χ0) is 14.1. The third-order valence-electron chi connectivity index (χ3n) is 3.51. The van der Waals surface area contributed by atoms with Crippen LogP contribution in [0.2, 0.25) is 5.02 Å². The second-order valence-electron chi connectivity index (χ2n) is 5.33. The van der Waals surface area contributed by atoms with Gasteiger partial charge < -0.3 is 9.42 Å². The Morgan fingerprint density at radius 2 is 2.25 bits per heavy atom. The van der Waals surface area contributed by atoms with Gasteiger partial charge >= 0.3 is 0 Å². The van der Waals surface area contributed by atoms with Crippen LogP contribution in [0.1, 0.15) is 50.4 Å². The lowest BCUT2D eigenvalue weighted by Gasteiger charge is -2.23. The molecule has 6 heteroatoms. The minimum Gasteiger partial charge on any atom is -0.346 e. The normalized spacial score (nSPS) is 19.0. The summed E-state index contributed by atoms with van der Waals surface area (Å²) in [4.78, 5) is 11.1. The van der Waals surface area contributed by atoms with E-state index >= 15 is 0 Å². The van der Waals surface area contributed by atoms with Gasteiger partial charge in [0.05, 0.1) is 11.1 Å². The molecule has 0 saturated carbocycles. The highest BCUT2D eigenvalue weighted by molar-refractivity contribution is 6.30. The van der Waals surface area contributed by atoms with E-state index in [-0.39, 0.29) is 12.0 Å². The Hall–Kier alpha value is -1.62. The first-order chi connectivity index (χ1) is 9.65. The fourth-order valence-corrected chi connectivity index (χ4v) is 2.58. The molecule has 106 valence electrons. The van der Waals surface area contributed by atoms with Gasteiger partial charge in [0.15, 0.2) is 5.82 Å². The molecule has 0 bridgehead atoms. The average molecular weight is 293 g/mol. The minimum atomic E-state index is 0.139. The fraction of sp³-hybridized carbons (Fsp3) is 0.500. The van der Waals surface area contributed by atoms with Crippen LogP contribution in [0.25, 0.3) is 0 Å². The van der Waals surface area contributed by atoms with Crippen molar-refractivity contribution in [2.45, 2.75) is 38.6 Å². The lowest BCUT2D eigenvalue weighted by atomic mass is 10.2. The van der Waals surface area contributed by atoms with Gasteiger partial charge in [-0.25, -0.2) is 4.98 Å². The van der Waals surface area contributed by atoms with Crippen molar-refractivity contribution in [3.63, 3.8) is 0 Å². The summed E-state index contributed by atoms with van der Waals surface area (Å²) >= 11 is 5.89. The van der Waals surface area contributed by atoms with Gasteiger partial charge in [-0.2, -0.15) is 4.98 Å². The van der Waals surface area contributed by atoms with E-state index in [0.29, 0.717) is 10.9 Å². The number of pyridine rings is 1. The van der Waals surface area contributed by atoms with Gasteiger partial charge in [0, 0.05) is 18.7 Å². The molecule has 1 atom stereocenters. The maximum atomic E-state index is 5.89. The molecule has 5 nitrogen and oxygen atoms in total. The summed E-state index contributed by atoms with van der Waals surface area (Å²) in [6, 6.07) is 3.93. The highest BCUT2D eigenvalue weighted by atomic mass is 35.5. The molecular formula is C14H17ClN4O. The van der Waals surface area contributed by atoms with Gasteiger partial charge in [-0.1, -0.05) is 30.6 Å². The Labute approximate surface area is 123 Å². The summed E-state index contributed by atoms with van der Waals surface area (Å²) in [7, 11) is 0. The Bertz CT molecular complexity index is 581. The highest BCUT2D eigenvalue weighted by Gasteiger charge is 2.31. The van der Waals surface area contributed by atoms with Crippen LogP contribution in [0.4, 0.5) is 5.82 Å². The number of halogens is 1. The van der Waals surface area contributed by atoms with Crippen LogP contribution in [-0.4, -0.2) is 21.7 Å². The van der Waals surface area contributed by atoms with Gasteiger partial charge in [0.2, 0.25) is 5.89 Å². The molecule has 2 aromatic heterocycles. The summed E-state index contributed by atoms with van der Waals surface area (Å²) < 4.78 is 5.31. The third kappa shape index (κ3) is 2.50. The molecule has 0 spiro atoms. The molecule has 1 unspecified atom stereocenters. The first-order valence-electron chi connectivity index (χ1n) is 6.87. The van der Waals surface area contributed by atoms with E-state index in [4.69, 9.17) is 16.1 Å². The SMILES string of the molecule is CC(C)c1nc(C2CCCN2c2ccc(Cl)cn2)no1. The number of nitrogens with zero attached hydrogens (tertiary/aromatic N) is 4. The van der Waals surface area contributed by atoms with Gasteiger partial charge in [-0.15, -0.1) is 0 Å². The van der Waals surface area contributed by atoms with Gasteiger partial charge in [0.1, 0.15) is 5.82 Å². The molecular weight excluding hydrogens is 276 g/mol. The predicted octanol–water partition coefficient (Wildman–Crippen LogP) is 3.58. The van der Waals surface area contributed by atoms with E-state index < -0.39 is 0 Å². The summed E-state index contributed by atoms with van der Waals surface area (Å²) in [6.07, 6.45) is 3.78. The summed E-state index contributed by atoms with van der Waals surface area (Å²) in [5.41, 5.74) is 0. The van der Waals surface area contributed by atoms with Crippen molar-refractivity contribution in [1.29, 1.82) is 0 Å². The summed E-state index contributed by atoms with van der Waals surface area (Å²) in [5, 5.41) is 4.78. The van der Waals surface area contributed by atoms with Crippen molar-refractivity contribution >= 4 is 17.4 Å². The van der Waals surface area contributed by atoms with Crippen molar-refractivity contribution in [2.75, 3.05) is 11.4 Å². The number of hydrogen-bond donors (Lipinski definition) is 0. The molecule has 3 heterocycles. The van der Waals surface area contributed by atoms with Crippen LogP contribution in [0.3, 0.4) is 0 Å². The second-order valence-corrected chi connectivity index (χ2v) is 5.77. The summed E-state index contributed by atoms with van der Waals surface area (Å²) in [5.74, 6) is 2.60. The van der Waals surface area contributed by atoms with Crippen molar-refractivity contribution < 1.29 is 4.52 Å². The molecule has 1 aliphatic rings. The molecule has 3 rings (SSSR count). The van der Waals surface area contributed by atoms with Crippen molar-refractivity contribution in [3.8, 4) is 0 Å². The standard InChI is InChI=1S/C14H17ClN4O/c1-9(2)14-17-13(18-20-14)11-4-3-7-19(11)12-6-5-10(15)8-16-12/h5-6,8-9,11H,3-4,7H2,1-2H3. The first-order valence-corrected chi connectivity index (χ1v) is 7.24. The van der Waals surface area contributed by atoms with E-state index in [1.807, 2.05) is 26.0 Å². The molecule has 0 aromatic carbocycles. The summed E-state index contributed by atoms with van der Waals surface area (Å²) in [6.45, 7) is 5.04. The minimum absolute atomic E-state index is 0.139. The number of hydrogen-bond acceptors (Lipinski definition) is 5. The van der Waals surface area contributed by atoms with Gasteiger partial charge in [-0.05, 0) is 25.0 Å². The van der Waals surface area contributed by atoms with Crippen LogP contribution < -0.4 is 4.90 Å². The fourth-order valence-electron chi connectivity index (χ4n) is 2.46. The maximum absolute atomic E-state index is 5.89. The largest absolute Gasteiger partial charge is 0.346 e.